The van der Waals surface area contributed by atoms with Crippen molar-refractivity contribution in [2.75, 3.05) is 6.54 Å². The van der Waals surface area contributed by atoms with Crippen molar-refractivity contribution >= 4 is 5.91 Å². The maximum Gasteiger partial charge on any atom is 0.223 e. The lowest BCUT2D eigenvalue weighted by Crippen LogP contribution is -2.18. The number of amides is 1. The molecule has 1 amide bonds. The van der Waals surface area contributed by atoms with Crippen LogP contribution < -0.4 is 5.32 Å². The largest absolute Gasteiger partial charge is 0.356 e. The van der Waals surface area contributed by atoms with Crippen LogP contribution in [0.3, 0.4) is 0 Å². The highest BCUT2D eigenvalue weighted by atomic mass is 16.2. The molecule has 2 heteroatoms. The fourth-order valence-corrected chi connectivity index (χ4v) is 1.03. The van der Waals surface area contributed by atoms with E-state index in [1.54, 1.807) is 0 Å². The second kappa shape index (κ2) is 2.16. The molecule has 1 aliphatic rings. The minimum Gasteiger partial charge on any atom is -0.356 e. The Labute approximate surface area is 49.3 Å². The SMILES string of the molecule is CCC1CCNC1=O. The summed E-state index contributed by atoms with van der Waals surface area (Å²) in [5.74, 6) is 0.558. The van der Waals surface area contributed by atoms with Gasteiger partial charge in [0.1, 0.15) is 0 Å². The van der Waals surface area contributed by atoms with Gasteiger partial charge < -0.3 is 5.32 Å². The summed E-state index contributed by atoms with van der Waals surface area (Å²) in [6, 6.07) is 0. The third-order valence-electron chi connectivity index (χ3n) is 1.66. The molecule has 0 aliphatic carbocycles. The topological polar surface area (TPSA) is 29.1 Å². The van der Waals surface area contributed by atoms with Gasteiger partial charge >= 0.3 is 0 Å². The standard InChI is InChI=1S/C6H11NO/c1-2-5-3-4-7-6(5)8/h5H,2-4H2,1H3,(H,7,8). The summed E-state index contributed by atoms with van der Waals surface area (Å²) in [6.45, 7) is 2.94. The van der Waals surface area contributed by atoms with Gasteiger partial charge in [-0.25, -0.2) is 0 Å². The van der Waals surface area contributed by atoms with Gasteiger partial charge in [-0.05, 0) is 12.8 Å². The molecule has 1 atom stereocenters. The number of nitrogens with one attached hydrogen (secondary N) is 1. The van der Waals surface area contributed by atoms with E-state index >= 15 is 0 Å². The van der Waals surface area contributed by atoms with Crippen LogP contribution in [0.2, 0.25) is 0 Å². The fraction of sp³-hybridized carbons (Fsp3) is 0.833. The molecule has 1 N–H and O–H groups in total. The molecular weight excluding hydrogens is 102 g/mol. The zero-order valence-corrected chi connectivity index (χ0v) is 5.11. The summed E-state index contributed by atoms with van der Waals surface area (Å²) < 4.78 is 0. The predicted molar refractivity (Wildman–Crippen MR) is 31.4 cm³/mol. The van der Waals surface area contributed by atoms with Crippen LogP contribution in [0.15, 0.2) is 0 Å². The van der Waals surface area contributed by atoms with Crippen LogP contribution in [0.5, 0.6) is 0 Å². The summed E-state index contributed by atoms with van der Waals surface area (Å²) in [6.07, 6.45) is 2.03. The van der Waals surface area contributed by atoms with Gasteiger partial charge in [0, 0.05) is 12.5 Å². The lowest BCUT2D eigenvalue weighted by atomic mass is 10.1. The lowest BCUT2D eigenvalue weighted by molar-refractivity contribution is -0.122. The molecule has 1 saturated heterocycles. The number of hydrogen-bond donors (Lipinski definition) is 1. The van der Waals surface area contributed by atoms with Gasteiger partial charge in [0.25, 0.3) is 0 Å². The smallest absolute Gasteiger partial charge is 0.223 e. The number of hydrogen-bond acceptors (Lipinski definition) is 1. The van der Waals surface area contributed by atoms with E-state index in [0.717, 1.165) is 19.4 Å². The van der Waals surface area contributed by atoms with Crippen molar-refractivity contribution in [2.45, 2.75) is 19.8 Å². The van der Waals surface area contributed by atoms with E-state index in [0.29, 0.717) is 5.92 Å². The zero-order valence-electron chi connectivity index (χ0n) is 5.11. The molecule has 0 aromatic carbocycles. The average molecular weight is 113 g/mol. The first-order valence-corrected chi connectivity index (χ1v) is 3.12. The Balaban J connectivity index is 2.42. The average Bonchev–Trinajstić information content (AvgIpc) is 2.14. The monoisotopic (exact) mass is 113 g/mol. The first kappa shape index (κ1) is 5.60. The Morgan fingerprint density at radius 3 is 2.88 bits per heavy atom. The van der Waals surface area contributed by atoms with Crippen molar-refractivity contribution in [3.05, 3.63) is 0 Å². The van der Waals surface area contributed by atoms with Crippen LogP contribution in [-0.2, 0) is 4.79 Å². The van der Waals surface area contributed by atoms with Crippen LogP contribution in [0, 0.1) is 5.92 Å². The molecule has 0 aromatic rings. The fourth-order valence-electron chi connectivity index (χ4n) is 1.03. The Kier molecular flexibility index (Phi) is 1.51. The van der Waals surface area contributed by atoms with E-state index in [1.807, 2.05) is 0 Å². The van der Waals surface area contributed by atoms with Crippen LogP contribution in [0.25, 0.3) is 0 Å². The van der Waals surface area contributed by atoms with Crippen molar-refractivity contribution in [1.29, 1.82) is 0 Å². The maximum absolute atomic E-state index is 10.7. The third kappa shape index (κ3) is 0.831. The minimum absolute atomic E-state index is 0.243. The summed E-state index contributed by atoms with van der Waals surface area (Å²) >= 11 is 0. The summed E-state index contributed by atoms with van der Waals surface area (Å²) in [4.78, 5) is 10.7. The van der Waals surface area contributed by atoms with Crippen LogP contribution in [-0.4, -0.2) is 12.5 Å². The summed E-state index contributed by atoms with van der Waals surface area (Å²) in [5, 5.41) is 2.78. The maximum atomic E-state index is 10.7. The van der Waals surface area contributed by atoms with E-state index in [4.69, 9.17) is 0 Å². The van der Waals surface area contributed by atoms with Crippen molar-refractivity contribution in [2.24, 2.45) is 5.92 Å². The Hall–Kier alpha value is -0.530. The molecule has 0 saturated carbocycles. The molecule has 46 valence electrons. The number of carbonyl (C=O) groups excluding carboxylic acids is 1. The highest BCUT2D eigenvalue weighted by Crippen LogP contribution is 2.11. The summed E-state index contributed by atoms with van der Waals surface area (Å²) in [5.41, 5.74) is 0. The van der Waals surface area contributed by atoms with Crippen LogP contribution in [0.4, 0.5) is 0 Å². The molecule has 1 aliphatic heterocycles. The molecule has 1 fully saturated rings. The van der Waals surface area contributed by atoms with Crippen LogP contribution >= 0.6 is 0 Å². The number of carbonyl (C=O) groups is 1. The molecule has 1 heterocycles. The van der Waals surface area contributed by atoms with Gasteiger partial charge in [-0.2, -0.15) is 0 Å². The van der Waals surface area contributed by atoms with E-state index in [-0.39, 0.29) is 5.91 Å². The van der Waals surface area contributed by atoms with Gasteiger partial charge in [0.2, 0.25) is 5.91 Å². The molecule has 1 unspecified atom stereocenters. The Morgan fingerprint density at radius 2 is 2.62 bits per heavy atom. The molecule has 0 radical (unpaired) electrons. The Morgan fingerprint density at radius 1 is 1.88 bits per heavy atom. The molecule has 0 spiro atoms. The molecule has 0 aromatic heterocycles. The van der Waals surface area contributed by atoms with Crippen molar-refractivity contribution in [3.63, 3.8) is 0 Å². The van der Waals surface area contributed by atoms with E-state index in [2.05, 4.69) is 12.2 Å². The van der Waals surface area contributed by atoms with E-state index < -0.39 is 0 Å². The molecule has 2 nitrogen and oxygen atoms in total. The molecule has 8 heavy (non-hydrogen) atoms. The van der Waals surface area contributed by atoms with Gasteiger partial charge in [0.15, 0.2) is 0 Å². The van der Waals surface area contributed by atoms with Crippen molar-refractivity contribution in [3.8, 4) is 0 Å². The van der Waals surface area contributed by atoms with E-state index in [1.165, 1.54) is 0 Å². The molecular formula is C6H11NO. The van der Waals surface area contributed by atoms with Gasteiger partial charge in [-0.15, -0.1) is 0 Å². The molecule has 1 rings (SSSR count). The predicted octanol–water partition coefficient (Wildman–Crippen LogP) is 0.532. The highest BCUT2D eigenvalue weighted by molar-refractivity contribution is 5.80. The second-order valence-electron chi connectivity index (χ2n) is 2.18. The van der Waals surface area contributed by atoms with Gasteiger partial charge in [-0.3, -0.25) is 4.79 Å². The summed E-state index contributed by atoms with van der Waals surface area (Å²) in [7, 11) is 0. The lowest BCUT2D eigenvalue weighted by Gasteiger charge is -1.97. The molecule has 0 bridgehead atoms. The normalized spacial score (nSPS) is 28.1. The third-order valence-corrected chi connectivity index (χ3v) is 1.66. The minimum atomic E-state index is 0.243. The zero-order chi connectivity index (χ0) is 5.98. The van der Waals surface area contributed by atoms with Crippen molar-refractivity contribution < 1.29 is 4.79 Å². The van der Waals surface area contributed by atoms with Crippen LogP contribution in [0.1, 0.15) is 19.8 Å². The first-order valence-electron chi connectivity index (χ1n) is 3.12. The van der Waals surface area contributed by atoms with Crippen molar-refractivity contribution in [1.82, 2.24) is 5.32 Å². The van der Waals surface area contributed by atoms with Gasteiger partial charge in [-0.1, -0.05) is 6.92 Å². The van der Waals surface area contributed by atoms with Gasteiger partial charge in [0.05, 0.1) is 0 Å². The highest BCUT2D eigenvalue weighted by Gasteiger charge is 2.20. The quantitative estimate of drug-likeness (QED) is 0.528. The Bertz CT molecular complexity index is 101. The number of rotatable bonds is 1. The van der Waals surface area contributed by atoms with E-state index in [9.17, 15) is 4.79 Å². The second-order valence-corrected chi connectivity index (χ2v) is 2.18. The first-order chi connectivity index (χ1) is 3.84.